The normalized spacial score (nSPS) is 10.3. The molecule has 2 rings (SSSR count). The molecule has 2 aromatic rings. The molecular weight excluding hydrogens is 211 g/mol. The second-order valence-electron chi connectivity index (χ2n) is 2.26. The van der Waals surface area contributed by atoms with Crippen molar-refractivity contribution in [2.75, 3.05) is 0 Å². The minimum Gasteiger partial charge on any atom is -0.265 e. The Balaban J connectivity index is 0.000000162. The van der Waals surface area contributed by atoms with E-state index in [2.05, 4.69) is 20.3 Å². The molecule has 0 fully saturated rings. The third-order valence-electron chi connectivity index (χ3n) is 1.18. The first-order chi connectivity index (χ1) is 7.11. The predicted octanol–water partition coefficient (Wildman–Crippen LogP) is 1.30. The Labute approximate surface area is 82.4 Å². The molecule has 8 heteroatoms. The van der Waals surface area contributed by atoms with Gasteiger partial charge in [0.15, 0.2) is 5.69 Å². The molecule has 5 nitrogen and oxygen atoms in total. The topological polar surface area (TPSA) is 67.3 Å². The lowest BCUT2D eigenvalue weighted by molar-refractivity contribution is -0.141. The van der Waals surface area contributed by atoms with Gasteiger partial charge >= 0.3 is 6.18 Å². The maximum atomic E-state index is 11.5. The van der Waals surface area contributed by atoms with Gasteiger partial charge in [0.25, 0.3) is 0 Å². The van der Waals surface area contributed by atoms with Crippen LogP contribution in [0.2, 0.25) is 0 Å². The second kappa shape index (κ2) is 5.03. The summed E-state index contributed by atoms with van der Waals surface area (Å²) >= 11 is 0. The van der Waals surface area contributed by atoms with Crippen LogP contribution in [0.15, 0.2) is 31.0 Å². The third-order valence-corrected chi connectivity index (χ3v) is 1.18. The molecule has 0 aliphatic carbocycles. The maximum Gasteiger partial charge on any atom is 0.436 e. The minimum atomic E-state index is -4.38. The smallest absolute Gasteiger partial charge is 0.265 e. The summed E-state index contributed by atoms with van der Waals surface area (Å²) in [7, 11) is 0. The van der Waals surface area contributed by atoms with Crippen LogP contribution >= 0.6 is 0 Å². The van der Waals surface area contributed by atoms with E-state index in [1.165, 1.54) is 6.33 Å². The number of hydrogen-bond donors (Lipinski definition) is 1. The van der Waals surface area contributed by atoms with Gasteiger partial charge in [0, 0.05) is 12.4 Å². The molecule has 0 amide bonds. The Kier molecular flexibility index (Phi) is 3.72. The highest BCUT2D eigenvalue weighted by atomic mass is 19.4. The van der Waals surface area contributed by atoms with E-state index in [1.807, 2.05) is 5.10 Å². The van der Waals surface area contributed by atoms with Crippen LogP contribution in [0.3, 0.4) is 0 Å². The fourth-order valence-corrected chi connectivity index (χ4v) is 0.593. The summed E-state index contributed by atoms with van der Waals surface area (Å²) in [5, 5.41) is 7.61. The Hall–Kier alpha value is -1.99. The molecule has 1 N–H and O–H groups in total. The van der Waals surface area contributed by atoms with Crippen molar-refractivity contribution in [2.45, 2.75) is 6.18 Å². The van der Waals surface area contributed by atoms with Gasteiger partial charge in [-0.1, -0.05) is 5.21 Å². The van der Waals surface area contributed by atoms with E-state index in [1.54, 1.807) is 18.5 Å². The molecule has 2 aromatic heterocycles. The number of H-pyrrole nitrogens is 1. The van der Waals surface area contributed by atoms with E-state index in [9.17, 15) is 13.2 Å². The summed E-state index contributed by atoms with van der Waals surface area (Å²) in [4.78, 5) is 7.35. The van der Waals surface area contributed by atoms with Crippen LogP contribution in [-0.2, 0) is 6.18 Å². The molecule has 0 radical (unpaired) electrons. The fraction of sp³-hybridized carbons (Fsp3) is 0.143. The molecule has 2 heterocycles. The van der Waals surface area contributed by atoms with E-state index < -0.39 is 11.9 Å². The standard InChI is InChI=1S/C4H4N2.C3H2F3N3/c1-2-5-4-6-3-1;4-3(5,6)2-1-7-9-8-2/h1-4H;1H,(H,7,8,9). The van der Waals surface area contributed by atoms with E-state index >= 15 is 0 Å². The van der Waals surface area contributed by atoms with Crippen molar-refractivity contribution >= 4 is 0 Å². The van der Waals surface area contributed by atoms with Crippen LogP contribution in [-0.4, -0.2) is 25.4 Å². The van der Waals surface area contributed by atoms with Crippen LogP contribution in [0.4, 0.5) is 13.2 Å². The van der Waals surface area contributed by atoms with E-state index in [0.717, 1.165) is 0 Å². The molecule has 0 aliphatic rings. The van der Waals surface area contributed by atoms with Gasteiger partial charge in [-0.05, 0) is 6.07 Å². The number of halogens is 3. The molecule has 0 unspecified atom stereocenters. The van der Waals surface area contributed by atoms with Crippen molar-refractivity contribution in [3.63, 3.8) is 0 Å². The van der Waals surface area contributed by atoms with Gasteiger partial charge in [0.1, 0.15) is 6.33 Å². The van der Waals surface area contributed by atoms with Gasteiger partial charge in [-0.15, -0.1) is 5.10 Å². The van der Waals surface area contributed by atoms with Gasteiger partial charge in [-0.3, -0.25) is 5.10 Å². The lowest BCUT2D eigenvalue weighted by atomic mass is 10.5. The average Bonchev–Trinajstić information content (AvgIpc) is 2.73. The van der Waals surface area contributed by atoms with E-state index in [0.29, 0.717) is 6.20 Å². The van der Waals surface area contributed by atoms with Crippen LogP contribution in [0.25, 0.3) is 0 Å². The number of nitrogens with one attached hydrogen (secondary N) is 1. The first-order valence-electron chi connectivity index (χ1n) is 3.74. The number of nitrogens with zero attached hydrogens (tertiary/aromatic N) is 4. The SMILES string of the molecule is FC(F)(F)c1c[nH]nn1.c1cncnc1. The molecule has 80 valence electrons. The molecule has 0 spiro atoms. The maximum absolute atomic E-state index is 11.5. The predicted molar refractivity (Wildman–Crippen MR) is 43.4 cm³/mol. The summed E-state index contributed by atoms with van der Waals surface area (Å²) in [5.41, 5.74) is -0.998. The number of rotatable bonds is 0. The van der Waals surface area contributed by atoms with Gasteiger partial charge in [0.05, 0.1) is 6.20 Å². The summed E-state index contributed by atoms with van der Waals surface area (Å²) in [5.74, 6) is 0. The zero-order chi connectivity index (χ0) is 11.1. The number of aromatic amines is 1. The number of alkyl halides is 3. The molecule has 0 aromatic carbocycles. The van der Waals surface area contributed by atoms with Crippen molar-refractivity contribution in [2.24, 2.45) is 0 Å². The van der Waals surface area contributed by atoms with E-state index in [-0.39, 0.29) is 0 Å². The van der Waals surface area contributed by atoms with Crippen molar-refractivity contribution in [1.82, 2.24) is 25.4 Å². The Bertz CT molecular complexity index is 331. The Morgan fingerprint density at radius 2 is 1.80 bits per heavy atom. The quantitative estimate of drug-likeness (QED) is 0.722. The van der Waals surface area contributed by atoms with Crippen LogP contribution in [0, 0.1) is 0 Å². The van der Waals surface area contributed by atoms with Crippen LogP contribution in [0.5, 0.6) is 0 Å². The van der Waals surface area contributed by atoms with E-state index in [4.69, 9.17) is 0 Å². The highest BCUT2D eigenvalue weighted by molar-refractivity contribution is 4.95. The summed E-state index contributed by atoms with van der Waals surface area (Å²) in [6.45, 7) is 0. The number of hydrogen-bond acceptors (Lipinski definition) is 4. The fourth-order valence-electron chi connectivity index (χ4n) is 0.593. The van der Waals surface area contributed by atoms with Gasteiger partial charge in [-0.25, -0.2) is 9.97 Å². The molecule has 0 bridgehead atoms. The van der Waals surface area contributed by atoms with Gasteiger partial charge < -0.3 is 0 Å². The van der Waals surface area contributed by atoms with Gasteiger partial charge in [0.2, 0.25) is 0 Å². The lowest BCUT2D eigenvalue weighted by Crippen LogP contribution is -2.04. The highest BCUT2D eigenvalue weighted by Gasteiger charge is 2.33. The molecule has 15 heavy (non-hydrogen) atoms. The number of aromatic nitrogens is 5. The lowest BCUT2D eigenvalue weighted by Gasteiger charge is -1.97. The molecular formula is C7H6F3N5. The van der Waals surface area contributed by atoms with Gasteiger partial charge in [-0.2, -0.15) is 13.2 Å². The van der Waals surface area contributed by atoms with Crippen molar-refractivity contribution < 1.29 is 13.2 Å². The largest absolute Gasteiger partial charge is 0.436 e. The van der Waals surface area contributed by atoms with Crippen LogP contribution in [0.1, 0.15) is 5.69 Å². The minimum absolute atomic E-state index is 0.694. The van der Waals surface area contributed by atoms with Crippen LogP contribution < -0.4 is 0 Å². The third kappa shape index (κ3) is 4.16. The second-order valence-corrected chi connectivity index (χ2v) is 2.26. The van der Waals surface area contributed by atoms with Crippen molar-refractivity contribution in [3.8, 4) is 0 Å². The zero-order valence-electron chi connectivity index (χ0n) is 7.31. The first-order valence-corrected chi connectivity index (χ1v) is 3.74. The highest BCUT2D eigenvalue weighted by Crippen LogP contribution is 2.25. The first kappa shape index (κ1) is 11.1. The van der Waals surface area contributed by atoms with Crippen molar-refractivity contribution in [3.05, 3.63) is 36.7 Å². The zero-order valence-corrected chi connectivity index (χ0v) is 7.31. The summed E-state index contributed by atoms with van der Waals surface area (Å²) in [6.07, 6.45) is 1.19. The molecule has 0 saturated heterocycles. The molecule has 0 atom stereocenters. The summed E-state index contributed by atoms with van der Waals surface area (Å²) in [6, 6.07) is 1.78. The monoisotopic (exact) mass is 217 g/mol. The summed E-state index contributed by atoms with van der Waals surface area (Å²) < 4.78 is 34.5. The Morgan fingerprint density at radius 1 is 1.13 bits per heavy atom. The van der Waals surface area contributed by atoms with Crippen molar-refractivity contribution in [1.29, 1.82) is 0 Å². The average molecular weight is 217 g/mol. The Morgan fingerprint density at radius 3 is 2.00 bits per heavy atom. The molecule has 0 aliphatic heterocycles. The molecule has 0 saturated carbocycles.